The fourth-order valence-corrected chi connectivity index (χ4v) is 19.5. The maximum Gasteiger partial charge on any atom is 0.240 e. The Labute approximate surface area is 516 Å². The Morgan fingerprint density at radius 3 is 1.22 bits per heavy atom. The summed E-state index contributed by atoms with van der Waals surface area (Å²) in [5.41, 5.74) is 12.0. The SMILES string of the molecule is c1ccc(-n2c3ccccc3c3c2ccc2c4ccccc4n(-c4nc(-c5cccc(C(c6ccccc6)(c6ccccc6)c6ccccc6)c5)nc(-n5c6ccccc6c6ccc([Si](c7ccccc7)(c7ccccc7)c7ccccc7)cc65)n4)c23)cc1. The van der Waals surface area contributed by atoms with Gasteiger partial charge in [0.15, 0.2) is 13.9 Å². The molecule has 13 aromatic carbocycles. The van der Waals surface area contributed by atoms with Gasteiger partial charge in [0.1, 0.15) is 0 Å². The number of hydrogen-bond acceptors (Lipinski definition) is 3. The Balaban J connectivity index is 1.00. The fourth-order valence-electron chi connectivity index (χ4n) is 14.7. The molecule has 0 bridgehead atoms. The molecule has 0 saturated heterocycles. The Morgan fingerprint density at radius 2 is 0.674 bits per heavy atom. The van der Waals surface area contributed by atoms with E-state index >= 15 is 0 Å². The van der Waals surface area contributed by atoms with E-state index in [0.717, 1.165) is 98.9 Å². The van der Waals surface area contributed by atoms with Crippen LogP contribution in [0.15, 0.2) is 340 Å². The number of rotatable bonds is 12. The van der Waals surface area contributed by atoms with Gasteiger partial charge in [-0.3, -0.25) is 9.13 Å². The molecule has 0 N–H and O–H groups in total. The molecule has 6 nitrogen and oxygen atoms in total. The van der Waals surface area contributed by atoms with Crippen LogP contribution in [0.5, 0.6) is 0 Å². The van der Waals surface area contributed by atoms with Gasteiger partial charge in [-0.05, 0) is 91.5 Å². The third kappa shape index (κ3) is 8.06. The summed E-state index contributed by atoms with van der Waals surface area (Å²) in [4.78, 5) is 17.5. The summed E-state index contributed by atoms with van der Waals surface area (Å²) < 4.78 is 7.01. The summed E-state index contributed by atoms with van der Waals surface area (Å²) in [6.45, 7) is 0. The number of hydrogen-bond donors (Lipinski definition) is 0. The number of nitrogens with zero attached hydrogens (tertiary/aromatic N) is 6. The highest BCUT2D eigenvalue weighted by molar-refractivity contribution is 7.20. The maximum atomic E-state index is 5.88. The minimum atomic E-state index is -3.02. The van der Waals surface area contributed by atoms with E-state index in [1.165, 1.54) is 20.7 Å². The highest BCUT2D eigenvalue weighted by Gasteiger charge is 2.42. The van der Waals surface area contributed by atoms with Gasteiger partial charge in [0.2, 0.25) is 11.9 Å². The van der Waals surface area contributed by atoms with Crippen molar-refractivity contribution in [1.82, 2.24) is 28.7 Å². The smallest absolute Gasteiger partial charge is 0.240 e. The van der Waals surface area contributed by atoms with Crippen LogP contribution in [-0.4, -0.2) is 36.7 Å². The molecule has 0 radical (unpaired) electrons. The van der Waals surface area contributed by atoms with E-state index in [2.05, 4.69) is 353 Å². The van der Waals surface area contributed by atoms with E-state index in [0.29, 0.717) is 17.7 Å². The quantitative estimate of drug-likeness (QED) is 0.0905. The predicted molar refractivity (Wildman–Crippen MR) is 370 cm³/mol. The van der Waals surface area contributed by atoms with Crippen LogP contribution in [0.4, 0.5) is 0 Å². The first kappa shape index (κ1) is 51.9. The van der Waals surface area contributed by atoms with Crippen molar-refractivity contribution in [2.45, 2.75) is 5.41 Å². The van der Waals surface area contributed by atoms with Crippen molar-refractivity contribution in [3.63, 3.8) is 0 Å². The molecule has 0 aliphatic heterocycles. The molecule has 0 aliphatic carbocycles. The predicted octanol–water partition coefficient (Wildman–Crippen LogP) is 16.6. The van der Waals surface area contributed by atoms with Crippen molar-refractivity contribution >= 4 is 94.2 Å². The summed E-state index contributed by atoms with van der Waals surface area (Å²) in [6.07, 6.45) is 0. The molecule has 4 heterocycles. The zero-order chi connectivity index (χ0) is 58.9. The summed E-state index contributed by atoms with van der Waals surface area (Å²) in [7, 11) is -3.02. The molecule has 7 heteroatoms. The first-order valence-electron chi connectivity index (χ1n) is 30.4. The Bertz CT molecular complexity index is 5280. The van der Waals surface area contributed by atoms with Crippen LogP contribution in [0.2, 0.25) is 0 Å². The van der Waals surface area contributed by atoms with Gasteiger partial charge in [-0.15, -0.1) is 0 Å². The summed E-state index contributed by atoms with van der Waals surface area (Å²) in [5.74, 6) is 1.56. The van der Waals surface area contributed by atoms with Crippen LogP contribution in [0, 0.1) is 0 Å². The van der Waals surface area contributed by atoms with Gasteiger partial charge in [-0.25, -0.2) is 0 Å². The monoisotopic (exact) mass is 1150 g/mol. The Hall–Kier alpha value is -11.5. The number of para-hydroxylation sites is 4. The molecule has 17 aromatic rings. The molecule has 418 valence electrons. The average molecular weight is 1150 g/mol. The third-order valence-electron chi connectivity index (χ3n) is 18.4. The average Bonchev–Trinajstić information content (AvgIpc) is 1.65. The summed E-state index contributed by atoms with van der Waals surface area (Å²) >= 11 is 0. The van der Waals surface area contributed by atoms with Crippen LogP contribution >= 0.6 is 0 Å². The van der Waals surface area contributed by atoms with Gasteiger partial charge >= 0.3 is 0 Å². The lowest BCUT2D eigenvalue weighted by Gasteiger charge is -2.37. The number of benzene rings is 13. The fraction of sp³-hybridized carbons (Fsp3) is 0.0122. The molecule has 0 saturated carbocycles. The van der Waals surface area contributed by atoms with Crippen LogP contribution in [0.25, 0.3) is 94.4 Å². The minimum absolute atomic E-state index is 0.509. The van der Waals surface area contributed by atoms with Crippen molar-refractivity contribution in [2.24, 2.45) is 0 Å². The molecular formula is C82H56N6Si. The zero-order valence-electron chi connectivity index (χ0n) is 48.5. The second kappa shape index (κ2) is 21.2. The van der Waals surface area contributed by atoms with E-state index in [1.807, 2.05) is 0 Å². The zero-order valence-corrected chi connectivity index (χ0v) is 49.5. The lowest BCUT2D eigenvalue weighted by molar-refractivity contribution is 0.745. The highest BCUT2D eigenvalue weighted by atomic mass is 28.3. The second-order valence-corrected chi connectivity index (χ2v) is 26.8. The molecule has 0 amide bonds. The molecule has 89 heavy (non-hydrogen) atoms. The van der Waals surface area contributed by atoms with Gasteiger partial charge in [-0.2, -0.15) is 15.0 Å². The number of aromatic nitrogens is 6. The van der Waals surface area contributed by atoms with E-state index in [9.17, 15) is 0 Å². The van der Waals surface area contributed by atoms with Crippen molar-refractivity contribution in [2.75, 3.05) is 0 Å². The molecule has 4 aromatic heterocycles. The van der Waals surface area contributed by atoms with Crippen LogP contribution in [0.3, 0.4) is 0 Å². The van der Waals surface area contributed by atoms with E-state index in [-0.39, 0.29) is 0 Å². The van der Waals surface area contributed by atoms with Crippen molar-refractivity contribution < 1.29 is 0 Å². The largest absolute Gasteiger partial charge is 0.309 e. The molecular weight excluding hydrogens is 1100 g/mol. The third-order valence-corrected chi connectivity index (χ3v) is 23.2. The molecule has 0 atom stereocenters. The molecule has 17 rings (SSSR count). The molecule has 0 aliphatic rings. The highest BCUT2D eigenvalue weighted by Crippen LogP contribution is 2.47. The van der Waals surface area contributed by atoms with Gasteiger partial charge < -0.3 is 4.57 Å². The van der Waals surface area contributed by atoms with Gasteiger partial charge in [0, 0.05) is 43.6 Å². The van der Waals surface area contributed by atoms with Crippen LogP contribution < -0.4 is 20.7 Å². The minimum Gasteiger partial charge on any atom is -0.309 e. The van der Waals surface area contributed by atoms with E-state index in [4.69, 9.17) is 15.0 Å². The van der Waals surface area contributed by atoms with Gasteiger partial charge in [0.05, 0.1) is 38.5 Å². The number of fused-ring (bicyclic) bond motifs is 10. The maximum absolute atomic E-state index is 5.88. The first-order valence-corrected chi connectivity index (χ1v) is 32.4. The Morgan fingerprint density at radius 1 is 0.258 bits per heavy atom. The normalized spacial score (nSPS) is 12.0. The van der Waals surface area contributed by atoms with E-state index in [1.54, 1.807) is 0 Å². The van der Waals surface area contributed by atoms with Crippen molar-refractivity contribution in [3.8, 4) is 29.0 Å². The lowest BCUT2D eigenvalue weighted by atomic mass is 9.65. The Kier molecular flexibility index (Phi) is 12.3. The summed E-state index contributed by atoms with van der Waals surface area (Å²) in [5, 5.41) is 11.8. The van der Waals surface area contributed by atoms with Crippen molar-refractivity contribution in [1.29, 1.82) is 0 Å². The van der Waals surface area contributed by atoms with E-state index < -0.39 is 13.5 Å². The van der Waals surface area contributed by atoms with Crippen LogP contribution in [-0.2, 0) is 5.41 Å². The topological polar surface area (TPSA) is 53.5 Å². The first-order chi connectivity index (χ1) is 44.2. The van der Waals surface area contributed by atoms with Crippen molar-refractivity contribution in [3.05, 3.63) is 362 Å². The molecule has 0 fully saturated rings. The molecule has 0 unspecified atom stereocenters. The lowest BCUT2D eigenvalue weighted by Crippen LogP contribution is -2.74. The summed E-state index contributed by atoms with van der Waals surface area (Å²) in [6, 6.07) is 124. The van der Waals surface area contributed by atoms with Crippen LogP contribution in [0.1, 0.15) is 22.3 Å². The van der Waals surface area contributed by atoms with Gasteiger partial charge in [-0.1, -0.05) is 291 Å². The molecule has 0 spiro atoms. The standard InChI is InChI=1S/C82H56N6Si/c1-8-30-58(31-9-1)82(59-32-10-2-11-33-59,60-34-12-3-13-35-60)61-36-28-29-57(55-61)79-83-80(85-81(84-79)88-73-49-26-23-46-68(73)70-53-54-75-77(78(70)88)71-47-24-27-50-74(71)86(75)62-37-14-4-15-38-62)87-72-48-25-22-45-67(72)69-52-51-66(56-76(69)87)89(63-39-16-5-17-40-63,64-41-18-6-19-42-64)65-43-20-7-21-44-65/h1-56H. The van der Waals surface area contributed by atoms with Gasteiger partial charge in [0.25, 0.3) is 0 Å². The second-order valence-electron chi connectivity index (χ2n) is 23.0.